The first-order chi connectivity index (χ1) is 18.4. The lowest BCUT2D eigenvalue weighted by Crippen LogP contribution is -2.51. The molecule has 0 radical (unpaired) electrons. The Morgan fingerprint density at radius 3 is 2.10 bits per heavy atom. The van der Waals surface area contributed by atoms with E-state index in [-0.39, 0.29) is 17.1 Å². The standard InChI is InChI=1S/C28H30Cl3N3O4S/c1-5-32-28(36)20(4)33(16-23-24(29)7-6-8-25(23)30)27(35)17-34(21-12-11-19(3)26(31)15-21)39(37,38)22-13-9-18(2)10-14-22/h6-15,20H,5,16-17H2,1-4H3,(H,32,36)/t20-/m0/s1. The Hall–Kier alpha value is -2.78. The van der Waals surface area contributed by atoms with E-state index in [2.05, 4.69) is 5.32 Å². The van der Waals surface area contributed by atoms with Crippen molar-refractivity contribution in [3.8, 4) is 0 Å². The summed E-state index contributed by atoms with van der Waals surface area (Å²) < 4.78 is 28.7. The minimum Gasteiger partial charge on any atom is -0.355 e. The number of aryl methyl sites for hydroxylation is 2. The number of halogens is 3. The molecule has 1 atom stereocenters. The molecule has 0 heterocycles. The van der Waals surface area contributed by atoms with Gasteiger partial charge in [0.15, 0.2) is 0 Å². The maximum absolute atomic E-state index is 13.9. The predicted molar refractivity (Wildman–Crippen MR) is 157 cm³/mol. The number of benzene rings is 3. The van der Waals surface area contributed by atoms with Gasteiger partial charge in [0.05, 0.1) is 10.6 Å². The second-order valence-corrected chi connectivity index (χ2v) is 12.1. The van der Waals surface area contributed by atoms with Crippen molar-refractivity contribution in [2.24, 2.45) is 0 Å². The van der Waals surface area contributed by atoms with Gasteiger partial charge in [0.2, 0.25) is 11.8 Å². The topological polar surface area (TPSA) is 86.8 Å². The first kappa shape index (κ1) is 30.8. The van der Waals surface area contributed by atoms with Crippen LogP contribution in [0.15, 0.2) is 65.6 Å². The number of rotatable bonds is 10. The maximum Gasteiger partial charge on any atom is 0.264 e. The maximum atomic E-state index is 13.9. The van der Waals surface area contributed by atoms with E-state index in [1.165, 1.54) is 23.1 Å². The monoisotopic (exact) mass is 609 g/mol. The van der Waals surface area contributed by atoms with Gasteiger partial charge in [-0.1, -0.05) is 64.6 Å². The first-order valence-electron chi connectivity index (χ1n) is 12.2. The fraction of sp³-hybridized carbons (Fsp3) is 0.286. The second-order valence-electron chi connectivity index (χ2n) is 9.05. The third-order valence-electron chi connectivity index (χ3n) is 6.24. The molecule has 0 aromatic heterocycles. The highest BCUT2D eigenvalue weighted by molar-refractivity contribution is 7.92. The molecular formula is C28H30Cl3N3O4S. The largest absolute Gasteiger partial charge is 0.355 e. The number of nitrogens with zero attached hydrogens (tertiary/aromatic N) is 2. The lowest BCUT2D eigenvalue weighted by Gasteiger charge is -2.32. The Bertz CT molecular complexity index is 1440. The highest BCUT2D eigenvalue weighted by Gasteiger charge is 2.33. The average Bonchev–Trinajstić information content (AvgIpc) is 2.88. The van der Waals surface area contributed by atoms with Crippen LogP contribution in [0.4, 0.5) is 5.69 Å². The molecule has 0 spiro atoms. The SMILES string of the molecule is CCNC(=O)[C@H](C)N(Cc1c(Cl)cccc1Cl)C(=O)CN(c1ccc(C)c(Cl)c1)S(=O)(=O)c1ccc(C)cc1. The number of hydrogen-bond donors (Lipinski definition) is 1. The van der Waals surface area contributed by atoms with Gasteiger partial charge < -0.3 is 10.2 Å². The lowest BCUT2D eigenvalue weighted by atomic mass is 10.1. The van der Waals surface area contributed by atoms with Gasteiger partial charge in [0.25, 0.3) is 10.0 Å². The minimum absolute atomic E-state index is 0.00932. The van der Waals surface area contributed by atoms with Crippen molar-refractivity contribution in [3.63, 3.8) is 0 Å². The van der Waals surface area contributed by atoms with Crippen LogP contribution in [0.25, 0.3) is 0 Å². The van der Waals surface area contributed by atoms with E-state index >= 15 is 0 Å². The summed E-state index contributed by atoms with van der Waals surface area (Å²) in [7, 11) is -4.20. The number of amides is 2. The summed E-state index contributed by atoms with van der Waals surface area (Å²) in [5.41, 5.74) is 2.28. The Morgan fingerprint density at radius 1 is 0.923 bits per heavy atom. The molecule has 3 aromatic carbocycles. The van der Waals surface area contributed by atoms with E-state index in [1.54, 1.807) is 63.2 Å². The van der Waals surface area contributed by atoms with Crippen LogP contribution in [0.3, 0.4) is 0 Å². The fourth-order valence-electron chi connectivity index (χ4n) is 3.86. The van der Waals surface area contributed by atoms with Crippen molar-refractivity contribution >= 4 is 62.3 Å². The van der Waals surface area contributed by atoms with Crippen molar-refractivity contribution in [2.45, 2.75) is 45.2 Å². The highest BCUT2D eigenvalue weighted by atomic mass is 35.5. The quantitative estimate of drug-likeness (QED) is 0.305. The summed E-state index contributed by atoms with van der Waals surface area (Å²) in [6.45, 7) is 6.61. The van der Waals surface area contributed by atoms with Crippen molar-refractivity contribution < 1.29 is 18.0 Å². The van der Waals surface area contributed by atoms with Gasteiger partial charge in [-0.15, -0.1) is 0 Å². The Balaban J connectivity index is 2.09. The van der Waals surface area contributed by atoms with Crippen molar-refractivity contribution in [1.82, 2.24) is 10.2 Å². The van der Waals surface area contributed by atoms with Crippen LogP contribution in [0.1, 0.15) is 30.5 Å². The summed E-state index contributed by atoms with van der Waals surface area (Å²) >= 11 is 19.1. The molecule has 0 unspecified atom stereocenters. The molecule has 0 aliphatic carbocycles. The zero-order chi connectivity index (χ0) is 28.9. The van der Waals surface area contributed by atoms with Gasteiger partial charge in [0.1, 0.15) is 12.6 Å². The summed E-state index contributed by atoms with van der Waals surface area (Å²) in [5, 5.41) is 3.69. The van der Waals surface area contributed by atoms with Gasteiger partial charge in [-0.25, -0.2) is 8.42 Å². The van der Waals surface area contributed by atoms with Crippen LogP contribution in [0.5, 0.6) is 0 Å². The number of sulfonamides is 1. The summed E-state index contributed by atoms with van der Waals surface area (Å²) in [6, 6.07) is 15.1. The molecule has 0 bridgehead atoms. The van der Waals surface area contributed by atoms with Crippen LogP contribution < -0.4 is 9.62 Å². The first-order valence-corrected chi connectivity index (χ1v) is 14.8. The lowest BCUT2D eigenvalue weighted by molar-refractivity contribution is -0.139. The van der Waals surface area contributed by atoms with Crippen LogP contribution in [0, 0.1) is 13.8 Å². The molecule has 3 aromatic rings. The van der Waals surface area contributed by atoms with Crippen molar-refractivity contribution in [3.05, 3.63) is 92.4 Å². The van der Waals surface area contributed by atoms with Crippen LogP contribution in [-0.4, -0.2) is 44.3 Å². The minimum atomic E-state index is -4.20. The van der Waals surface area contributed by atoms with E-state index in [0.29, 0.717) is 27.2 Å². The molecule has 0 aliphatic rings. The van der Waals surface area contributed by atoms with Gasteiger partial charge in [-0.3, -0.25) is 13.9 Å². The molecule has 0 fully saturated rings. The fourth-order valence-corrected chi connectivity index (χ4v) is 5.96. The zero-order valence-electron chi connectivity index (χ0n) is 22.0. The van der Waals surface area contributed by atoms with Gasteiger partial charge in [-0.05, 0) is 69.7 Å². The van der Waals surface area contributed by atoms with Crippen LogP contribution in [-0.2, 0) is 26.2 Å². The Labute approximate surface area is 244 Å². The van der Waals surface area contributed by atoms with Crippen molar-refractivity contribution in [1.29, 1.82) is 0 Å². The van der Waals surface area contributed by atoms with E-state index < -0.39 is 34.4 Å². The number of hydrogen-bond acceptors (Lipinski definition) is 4. The zero-order valence-corrected chi connectivity index (χ0v) is 25.1. The van der Waals surface area contributed by atoms with Gasteiger partial charge in [-0.2, -0.15) is 0 Å². The smallest absolute Gasteiger partial charge is 0.264 e. The normalized spacial score (nSPS) is 12.1. The molecule has 11 heteroatoms. The molecule has 3 rings (SSSR count). The summed E-state index contributed by atoms with van der Waals surface area (Å²) in [5.74, 6) is -1.03. The molecular weight excluding hydrogens is 581 g/mol. The molecule has 39 heavy (non-hydrogen) atoms. The molecule has 0 aliphatic heterocycles. The van der Waals surface area contributed by atoms with Crippen molar-refractivity contribution in [2.75, 3.05) is 17.4 Å². The number of anilines is 1. The summed E-state index contributed by atoms with van der Waals surface area (Å²) in [6.07, 6.45) is 0. The van der Waals surface area contributed by atoms with Gasteiger partial charge >= 0.3 is 0 Å². The number of nitrogens with one attached hydrogen (secondary N) is 1. The molecule has 0 saturated carbocycles. The Morgan fingerprint density at radius 2 is 1.54 bits per heavy atom. The molecule has 7 nitrogen and oxygen atoms in total. The van der Waals surface area contributed by atoms with Crippen LogP contribution >= 0.6 is 34.8 Å². The van der Waals surface area contributed by atoms with Crippen LogP contribution in [0.2, 0.25) is 15.1 Å². The predicted octanol–water partition coefficient (Wildman–Crippen LogP) is 6.01. The Kier molecular flexibility index (Phi) is 10.3. The van der Waals surface area contributed by atoms with E-state index in [0.717, 1.165) is 15.4 Å². The number of carbonyl (C=O) groups excluding carboxylic acids is 2. The molecule has 2 amide bonds. The molecule has 208 valence electrons. The molecule has 1 N–H and O–H groups in total. The second kappa shape index (κ2) is 13.0. The number of likely N-dealkylation sites (N-methyl/N-ethyl adjacent to an activating group) is 1. The third kappa shape index (κ3) is 7.25. The number of carbonyl (C=O) groups is 2. The molecule has 0 saturated heterocycles. The van der Waals surface area contributed by atoms with Gasteiger partial charge in [0, 0.05) is 33.7 Å². The van der Waals surface area contributed by atoms with E-state index in [1.807, 2.05) is 6.92 Å². The van der Waals surface area contributed by atoms with E-state index in [9.17, 15) is 18.0 Å². The summed E-state index contributed by atoms with van der Waals surface area (Å²) in [4.78, 5) is 28.0. The third-order valence-corrected chi connectivity index (χ3v) is 9.14. The van der Waals surface area contributed by atoms with E-state index in [4.69, 9.17) is 34.8 Å². The highest BCUT2D eigenvalue weighted by Crippen LogP contribution is 2.30. The average molecular weight is 611 g/mol.